The van der Waals surface area contributed by atoms with Crippen molar-refractivity contribution in [1.29, 1.82) is 0 Å². The molecule has 0 amide bonds. The third kappa shape index (κ3) is 4.01. The van der Waals surface area contributed by atoms with Crippen molar-refractivity contribution in [2.75, 3.05) is 19.6 Å². The fraction of sp³-hybridized carbons (Fsp3) is 0.800. The first-order chi connectivity index (χ1) is 9.00. The number of likely N-dealkylation sites (N-methyl/N-ethyl adjacent to an activating group) is 1. The van der Waals surface area contributed by atoms with Crippen LogP contribution in [0.3, 0.4) is 0 Å². The molecule has 1 aromatic heterocycles. The molecule has 2 rings (SSSR count). The lowest BCUT2D eigenvalue weighted by Crippen LogP contribution is -2.45. The molecule has 1 aliphatic heterocycles. The van der Waals surface area contributed by atoms with E-state index in [-0.39, 0.29) is 5.41 Å². The zero-order valence-electron chi connectivity index (χ0n) is 12.7. The summed E-state index contributed by atoms with van der Waals surface area (Å²) < 4.78 is 0. The predicted molar refractivity (Wildman–Crippen MR) is 82.8 cm³/mol. The molecule has 0 saturated carbocycles. The maximum absolute atomic E-state index is 4.82. The molecule has 1 aliphatic rings. The monoisotopic (exact) mass is 281 g/mol. The van der Waals surface area contributed by atoms with Crippen molar-refractivity contribution in [3.05, 3.63) is 16.1 Å². The summed E-state index contributed by atoms with van der Waals surface area (Å²) in [5.41, 5.74) is 1.41. The molecule has 1 fully saturated rings. The highest BCUT2D eigenvalue weighted by atomic mass is 32.1. The lowest BCUT2D eigenvalue weighted by atomic mass is 9.98. The highest BCUT2D eigenvalue weighted by Gasteiger charge is 2.22. The van der Waals surface area contributed by atoms with Gasteiger partial charge in [0.1, 0.15) is 0 Å². The van der Waals surface area contributed by atoms with Crippen molar-refractivity contribution in [2.45, 2.75) is 58.5 Å². The van der Waals surface area contributed by atoms with Gasteiger partial charge >= 0.3 is 0 Å². The Balaban J connectivity index is 1.99. The van der Waals surface area contributed by atoms with Crippen LogP contribution in [0, 0.1) is 0 Å². The zero-order valence-corrected chi connectivity index (χ0v) is 13.5. The topological polar surface area (TPSA) is 28.2 Å². The Bertz CT molecular complexity index is 388. The average molecular weight is 281 g/mol. The van der Waals surface area contributed by atoms with E-state index in [4.69, 9.17) is 4.98 Å². The van der Waals surface area contributed by atoms with Crippen molar-refractivity contribution in [2.24, 2.45) is 0 Å². The molecule has 0 aliphatic carbocycles. The van der Waals surface area contributed by atoms with Crippen LogP contribution in [-0.2, 0) is 12.0 Å². The molecular formula is C15H27N3S. The normalized spacial score (nSPS) is 21.0. The van der Waals surface area contributed by atoms with Gasteiger partial charge in [0, 0.05) is 29.9 Å². The van der Waals surface area contributed by atoms with Crippen LogP contribution in [0.5, 0.6) is 0 Å². The summed E-state index contributed by atoms with van der Waals surface area (Å²) in [6.45, 7) is 13.4. The van der Waals surface area contributed by atoms with Crippen LogP contribution in [-0.4, -0.2) is 35.6 Å². The van der Waals surface area contributed by atoms with Crippen molar-refractivity contribution in [3.8, 4) is 0 Å². The van der Waals surface area contributed by atoms with Gasteiger partial charge in [0.25, 0.3) is 0 Å². The third-order valence-electron chi connectivity index (χ3n) is 3.75. The molecule has 1 atom stereocenters. The van der Waals surface area contributed by atoms with Gasteiger partial charge in [-0.3, -0.25) is 4.90 Å². The molecule has 0 radical (unpaired) electrons. The highest BCUT2D eigenvalue weighted by Crippen LogP contribution is 2.26. The Kier molecular flexibility index (Phi) is 4.98. The van der Waals surface area contributed by atoms with Gasteiger partial charge in [0.05, 0.1) is 10.7 Å². The maximum Gasteiger partial charge on any atom is 0.0982 e. The molecule has 4 heteroatoms. The van der Waals surface area contributed by atoms with E-state index in [9.17, 15) is 0 Å². The largest absolute Gasteiger partial charge is 0.315 e. The van der Waals surface area contributed by atoms with Crippen LogP contribution >= 0.6 is 11.3 Å². The van der Waals surface area contributed by atoms with E-state index in [1.54, 1.807) is 11.3 Å². The summed E-state index contributed by atoms with van der Waals surface area (Å²) in [4.78, 5) is 7.38. The average Bonchev–Trinajstić information content (AvgIpc) is 2.85. The number of hydrogen-bond acceptors (Lipinski definition) is 4. The first-order valence-electron chi connectivity index (χ1n) is 7.40. The summed E-state index contributed by atoms with van der Waals surface area (Å²) in [7, 11) is 0. The summed E-state index contributed by atoms with van der Waals surface area (Å²) in [6.07, 6.45) is 2.61. The number of nitrogens with zero attached hydrogens (tertiary/aromatic N) is 2. The van der Waals surface area contributed by atoms with Crippen molar-refractivity contribution in [3.63, 3.8) is 0 Å². The lowest BCUT2D eigenvalue weighted by Gasteiger charge is -2.33. The maximum atomic E-state index is 4.82. The van der Waals surface area contributed by atoms with E-state index in [1.807, 2.05) is 0 Å². The summed E-state index contributed by atoms with van der Waals surface area (Å²) in [5.74, 6) is 0. The first-order valence-corrected chi connectivity index (χ1v) is 8.28. The van der Waals surface area contributed by atoms with Gasteiger partial charge in [-0.2, -0.15) is 0 Å². The Morgan fingerprint density at radius 3 is 2.79 bits per heavy atom. The van der Waals surface area contributed by atoms with E-state index in [2.05, 4.69) is 43.3 Å². The summed E-state index contributed by atoms with van der Waals surface area (Å²) in [5, 5.41) is 6.99. The molecule has 3 nitrogen and oxygen atoms in total. The second-order valence-corrected chi connectivity index (χ2v) is 7.32. The van der Waals surface area contributed by atoms with Crippen molar-refractivity contribution >= 4 is 11.3 Å². The minimum atomic E-state index is 0.173. The number of piperidine rings is 1. The van der Waals surface area contributed by atoms with E-state index in [0.717, 1.165) is 19.6 Å². The summed E-state index contributed by atoms with van der Waals surface area (Å²) >= 11 is 1.80. The van der Waals surface area contributed by atoms with Crippen molar-refractivity contribution < 1.29 is 0 Å². The minimum Gasteiger partial charge on any atom is -0.315 e. The highest BCUT2D eigenvalue weighted by molar-refractivity contribution is 7.09. The number of rotatable bonds is 4. The Morgan fingerprint density at radius 2 is 2.26 bits per heavy atom. The smallest absolute Gasteiger partial charge is 0.0982 e. The fourth-order valence-electron chi connectivity index (χ4n) is 2.58. The molecule has 1 saturated heterocycles. The number of thiazole rings is 1. The second-order valence-electron chi connectivity index (χ2n) is 6.46. The Labute approximate surface area is 121 Å². The molecular weight excluding hydrogens is 254 g/mol. The molecule has 0 bridgehead atoms. The van der Waals surface area contributed by atoms with Crippen LogP contribution in [0.2, 0.25) is 0 Å². The Morgan fingerprint density at radius 1 is 1.47 bits per heavy atom. The Hall–Kier alpha value is -0.450. The van der Waals surface area contributed by atoms with Gasteiger partial charge in [-0.15, -0.1) is 11.3 Å². The van der Waals surface area contributed by atoms with Gasteiger partial charge in [0.15, 0.2) is 0 Å². The standard InChI is InChI=1S/C15H27N3S/c1-5-18(13-7-6-8-16-9-13)10-12-11-19-14(17-12)15(2,3)4/h11,13,16H,5-10H2,1-4H3. The number of aromatic nitrogens is 1. The van der Waals surface area contributed by atoms with E-state index in [1.165, 1.54) is 30.1 Å². The van der Waals surface area contributed by atoms with Gasteiger partial charge in [-0.05, 0) is 25.9 Å². The lowest BCUT2D eigenvalue weighted by molar-refractivity contribution is 0.164. The van der Waals surface area contributed by atoms with Crippen LogP contribution in [0.1, 0.15) is 51.2 Å². The molecule has 0 aromatic carbocycles. The fourth-order valence-corrected chi connectivity index (χ4v) is 3.47. The SMILES string of the molecule is CCN(Cc1csc(C(C)(C)C)n1)C1CCCNC1. The van der Waals surface area contributed by atoms with Crippen molar-refractivity contribution in [1.82, 2.24) is 15.2 Å². The van der Waals surface area contributed by atoms with E-state index >= 15 is 0 Å². The predicted octanol–water partition coefficient (Wildman–Crippen LogP) is 3.01. The minimum absolute atomic E-state index is 0.173. The van der Waals surface area contributed by atoms with Gasteiger partial charge < -0.3 is 5.32 Å². The van der Waals surface area contributed by atoms with Crippen LogP contribution in [0.15, 0.2) is 5.38 Å². The molecule has 0 spiro atoms. The second kappa shape index (κ2) is 6.33. The molecule has 1 aromatic rings. The van der Waals surface area contributed by atoms with E-state index in [0.29, 0.717) is 6.04 Å². The van der Waals surface area contributed by atoms with Gasteiger partial charge in [0.2, 0.25) is 0 Å². The van der Waals surface area contributed by atoms with Gasteiger partial charge in [-0.25, -0.2) is 4.98 Å². The van der Waals surface area contributed by atoms with Crippen LogP contribution < -0.4 is 5.32 Å². The van der Waals surface area contributed by atoms with Gasteiger partial charge in [-0.1, -0.05) is 27.7 Å². The molecule has 19 heavy (non-hydrogen) atoms. The molecule has 1 unspecified atom stereocenters. The third-order valence-corrected chi connectivity index (χ3v) is 5.07. The number of hydrogen-bond donors (Lipinski definition) is 1. The van der Waals surface area contributed by atoms with Crippen LogP contribution in [0.25, 0.3) is 0 Å². The quantitative estimate of drug-likeness (QED) is 0.919. The first kappa shape index (κ1) is 14.9. The molecule has 2 heterocycles. The zero-order chi connectivity index (χ0) is 13.9. The molecule has 108 valence electrons. The van der Waals surface area contributed by atoms with Crippen LogP contribution in [0.4, 0.5) is 0 Å². The number of nitrogens with one attached hydrogen (secondary N) is 1. The molecule has 1 N–H and O–H groups in total. The van der Waals surface area contributed by atoms with E-state index < -0.39 is 0 Å². The summed E-state index contributed by atoms with van der Waals surface area (Å²) in [6, 6.07) is 0.679.